The normalized spacial score (nSPS) is 20.0. The number of rotatable bonds is 2. The number of hydrogen-bond donors (Lipinski definition) is 2. The summed E-state index contributed by atoms with van der Waals surface area (Å²) >= 11 is 0. The second-order valence-electron chi connectivity index (χ2n) is 7.52. The quantitative estimate of drug-likeness (QED) is 0.767. The lowest BCUT2D eigenvalue weighted by Crippen LogP contribution is -2.53. The Labute approximate surface area is 150 Å². The molecule has 1 aliphatic carbocycles. The lowest BCUT2D eigenvalue weighted by atomic mass is 9.79. The molecule has 2 aromatic carbocycles. The molecule has 0 bridgehead atoms. The zero-order valence-corrected chi connectivity index (χ0v) is 15.2. The highest BCUT2D eigenvalue weighted by Crippen LogP contribution is 2.39. The molecule has 1 aliphatic heterocycles. The third kappa shape index (κ3) is 3.15. The minimum absolute atomic E-state index is 0.0215. The smallest absolute Gasteiger partial charge is 0.127 e. The second kappa shape index (κ2) is 6.55. The van der Waals surface area contributed by atoms with E-state index in [1.165, 1.54) is 41.6 Å². The molecule has 0 radical (unpaired) electrons. The fourth-order valence-corrected chi connectivity index (χ4v) is 4.05. The van der Waals surface area contributed by atoms with Gasteiger partial charge in [0, 0.05) is 0 Å². The van der Waals surface area contributed by atoms with Crippen LogP contribution in [0.3, 0.4) is 0 Å². The first-order chi connectivity index (χ1) is 12.2. The Bertz CT molecular complexity index is 801. The number of hydrogen-bond acceptors (Lipinski definition) is 2. The van der Waals surface area contributed by atoms with Crippen molar-refractivity contribution >= 4 is 17.2 Å². The molecule has 0 amide bonds. The third-order valence-electron chi connectivity index (χ3n) is 5.71. The van der Waals surface area contributed by atoms with E-state index in [0.717, 1.165) is 30.9 Å². The SMILES string of the molecule is Cc1ccc(CN=C2Nc3ccccc3NC23CCCCC3)cc1C. The molecule has 2 aliphatic rings. The van der Waals surface area contributed by atoms with Crippen molar-refractivity contribution in [2.75, 3.05) is 10.6 Å². The molecule has 2 aromatic rings. The molecular weight excluding hydrogens is 306 g/mol. The minimum Gasteiger partial charge on any atom is -0.371 e. The number of amidine groups is 1. The maximum absolute atomic E-state index is 5.04. The van der Waals surface area contributed by atoms with Crippen molar-refractivity contribution in [1.29, 1.82) is 0 Å². The van der Waals surface area contributed by atoms with Gasteiger partial charge in [-0.25, -0.2) is 0 Å². The topological polar surface area (TPSA) is 36.4 Å². The summed E-state index contributed by atoms with van der Waals surface area (Å²) in [7, 11) is 0. The molecule has 2 N–H and O–H groups in total. The van der Waals surface area contributed by atoms with E-state index in [1.54, 1.807) is 0 Å². The van der Waals surface area contributed by atoms with Gasteiger partial charge >= 0.3 is 0 Å². The summed E-state index contributed by atoms with van der Waals surface area (Å²) in [6.07, 6.45) is 6.16. The van der Waals surface area contributed by atoms with Gasteiger partial charge in [-0.15, -0.1) is 0 Å². The Hall–Kier alpha value is -2.29. The van der Waals surface area contributed by atoms with E-state index in [2.05, 4.69) is 66.9 Å². The Morgan fingerprint density at radius 1 is 0.920 bits per heavy atom. The standard InChI is InChI=1S/C22H27N3/c1-16-10-11-18(14-17(16)2)15-23-21-22(12-6-3-7-13-22)25-20-9-5-4-8-19(20)24-21/h4-5,8-11,14,25H,3,6-7,12-13,15H2,1-2H3,(H,23,24). The van der Waals surface area contributed by atoms with Crippen molar-refractivity contribution in [3.8, 4) is 0 Å². The summed E-state index contributed by atoms with van der Waals surface area (Å²) in [5.41, 5.74) is 6.28. The number of nitrogens with one attached hydrogen (secondary N) is 2. The Balaban J connectivity index is 1.66. The van der Waals surface area contributed by atoms with Crippen molar-refractivity contribution < 1.29 is 0 Å². The van der Waals surface area contributed by atoms with E-state index in [0.29, 0.717) is 0 Å². The van der Waals surface area contributed by atoms with Crippen LogP contribution in [-0.4, -0.2) is 11.4 Å². The Morgan fingerprint density at radius 3 is 2.44 bits per heavy atom. The van der Waals surface area contributed by atoms with Crippen LogP contribution in [0, 0.1) is 13.8 Å². The van der Waals surface area contributed by atoms with Gasteiger partial charge in [-0.1, -0.05) is 49.6 Å². The van der Waals surface area contributed by atoms with Crippen LogP contribution in [0.2, 0.25) is 0 Å². The zero-order valence-electron chi connectivity index (χ0n) is 15.2. The van der Waals surface area contributed by atoms with Gasteiger partial charge in [0.25, 0.3) is 0 Å². The minimum atomic E-state index is -0.0215. The van der Waals surface area contributed by atoms with Crippen LogP contribution in [-0.2, 0) is 6.54 Å². The van der Waals surface area contributed by atoms with Gasteiger partial charge in [0.2, 0.25) is 0 Å². The van der Waals surface area contributed by atoms with Gasteiger partial charge in [0.05, 0.1) is 23.5 Å². The average molecular weight is 333 g/mol. The molecular formula is C22H27N3. The predicted molar refractivity (Wildman–Crippen MR) is 107 cm³/mol. The number of anilines is 2. The van der Waals surface area contributed by atoms with Gasteiger partial charge in [0.1, 0.15) is 5.84 Å². The fraction of sp³-hybridized carbons (Fsp3) is 0.409. The average Bonchev–Trinajstić information content (AvgIpc) is 2.63. The summed E-state index contributed by atoms with van der Waals surface area (Å²) in [6, 6.07) is 15.1. The van der Waals surface area contributed by atoms with Crippen LogP contribution in [0.15, 0.2) is 47.5 Å². The molecule has 3 nitrogen and oxygen atoms in total. The van der Waals surface area contributed by atoms with Crippen LogP contribution in [0.4, 0.5) is 11.4 Å². The third-order valence-corrected chi connectivity index (χ3v) is 5.71. The molecule has 0 unspecified atom stereocenters. The number of fused-ring (bicyclic) bond motifs is 1. The molecule has 25 heavy (non-hydrogen) atoms. The van der Waals surface area contributed by atoms with Crippen molar-refractivity contribution in [1.82, 2.24) is 0 Å². The summed E-state index contributed by atoms with van der Waals surface area (Å²) in [5, 5.41) is 7.47. The highest BCUT2D eigenvalue weighted by molar-refractivity contribution is 6.09. The molecule has 0 aromatic heterocycles. The van der Waals surface area contributed by atoms with Gasteiger partial charge in [-0.3, -0.25) is 4.99 Å². The van der Waals surface area contributed by atoms with E-state index >= 15 is 0 Å². The zero-order chi connectivity index (χ0) is 17.3. The van der Waals surface area contributed by atoms with Crippen LogP contribution in [0.25, 0.3) is 0 Å². The lowest BCUT2D eigenvalue weighted by Gasteiger charge is -2.44. The first-order valence-electron chi connectivity index (χ1n) is 9.42. The van der Waals surface area contributed by atoms with Crippen molar-refractivity contribution in [3.05, 3.63) is 59.2 Å². The van der Waals surface area contributed by atoms with E-state index in [9.17, 15) is 0 Å². The van der Waals surface area contributed by atoms with E-state index in [1.807, 2.05) is 0 Å². The van der Waals surface area contributed by atoms with Crippen molar-refractivity contribution in [2.45, 2.75) is 58.0 Å². The largest absolute Gasteiger partial charge is 0.371 e. The molecule has 1 heterocycles. The summed E-state index contributed by atoms with van der Waals surface area (Å²) in [6.45, 7) is 5.06. The molecule has 0 saturated heterocycles. The number of para-hydroxylation sites is 2. The number of aryl methyl sites for hydroxylation is 2. The van der Waals surface area contributed by atoms with Gasteiger partial charge in [0.15, 0.2) is 0 Å². The van der Waals surface area contributed by atoms with Crippen molar-refractivity contribution in [2.24, 2.45) is 4.99 Å². The summed E-state index contributed by atoms with van der Waals surface area (Å²) in [5.74, 6) is 1.11. The second-order valence-corrected chi connectivity index (χ2v) is 7.52. The van der Waals surface area contributed by atoms with E-state index in [4.69, 9.17) is 4.99 Å². The highest BCUT2D eigenvalue weighted by Gasteiger charge is 2.40. The molecule has 1 spiro atoms. The Kier molecular flexibility index (Phi) is 4.24. The lowest BCUT2D eigenvalue weighted by molar-refractivity contribution is 0.403. The molecule has 1 fully saturated rings. The number of aliphatic imine (C=N–C) groups is 1. The van der Waals surface area contributed by atoms with Crippen LogP contribution in [0.5, 0.6) is 0 Å². The summed E-state index contributed by atoms with van der Waals surface area (Å²) < 4.78 is 0. The molecule has 130 valence electrons. The van der Waals surface area contributed by atoms with Crippen molar-refractivity contribution in [3.63, 3.8) is 0 Å². The Morgan fingerprint density at radius 2 is 1.68 bits per heavy atom. The first kappa shape index (κ1) is 16.2. The highest BCUT2D eigenvalue weighted by atomic mass is 15.2. The molecule has 3 heteroatoms. The van der Waals surface area contributed by atoms with Crippen LogP contribution in [0.1, 0.15) is 48.8 Å². The maximum Gasteiger partial charge on any atom is 0.127 e. The van der Waals surface area contributed by atoms with Crippen LogP contribution < -0.4 is 10.6 Å². The number of nitrogens with zero attached hydrogens (tertiary/aromatic N) is 1. The van der Waals surface area contributed by atoms with Gasteiger partial charge in [-0.05, 0) is 55.5 Å². The van der Waals surface area contributed by atoms with E-state index < -0.39 is 0 Å². The van der Waals surface area contributed by atoms with Crippen LogP contribution >= 0.6 is 0 Å². The molecule has 0 atom stereocenters. The van der Waals surface area contributed by atoms with E-state index in [-0.39, 0.29) is 5.54 Å². The van der Waals surface area contributed by atoms with Gasteiger partial charge in [-0.2, -0.15) is 0 Å². The number of benzene rings is 2. The predicted octanol–water partition coefficient (Wildman–Crippen LogP) is 5.44. The first-order valence-corrected chi connectivity index (χ1v) is 9.42. The summed E-state index contributed by atoms with van der Waals surface area (Å²) in [4.78, 5) is 5.04. The monoisotopic (exact) mass is 333 g/mol. The molecule has 1 saturated carbocycles. The molecule has 4 rings (SSSR count). The maximum atomic E-state index is 5.04. The van der Waals surface area contributed by atoms with Gasteiger partial charge < -0.3 is 10.6 Å². The fourth-order valence-electron chi connectivity index (χ4n) is 4.05.